The van der Waals surface area contributed by atoms with Crippen LogP contribution in [-0.2, 0) is 5.88 Å². The molecule has 1 heterocycles. The predicted octanol–water partition coefficient (Wildman–Crippen LogP) is 2.54. The second-order valence-electron chi connectivity index (χ2n) is 3.58. The van der Waals surface area contributed by atoms with Crippen LogP contribution in [0.5, 0.6) is 0 Å². The van der Waals surface area contributed by atoms with Crippen LogP contribution in [0.2, 0.25) is 0 Å². The summed E-state index contributed by atoms with van der Waals surface area (Å²) in [5.41, 5.74) is 0.0788. The average Bonchev–Trinajstić information content (AvgIpc) is 2.72. The summed E-state index contributed by atoms with van der Waals surface area (Å²) in [5, 5.41) is 7.38. The number of halogens is 3. The van der Waals surface area contributed by atoms with Crippen LogP contribution < -0.4 is 0 Å². The number of hydrogen-bond donors (Lipinski definition) is 0. The van der Waals surface area contributed by atoms with E-state index in [4.69, 9.17) is 11.6 Å². The number of rotatable bonds is 3. The van der Waals surface area contributed by atoms with Crippen molar-refractivity contribution in [1.82, 2.24) is 15.0 Å². The van der Waals surface area contributed by atoms with Gasteiger partial charge in [0.25, 0.3) is 6.43 Å². The highest BCUT2D eigenvalue weighted by atomic mass is 35.5. The van der Waals surface area contributed by atoms with Gasteiger partial charge in [0.05, 0.1) is 11.9 Å². The number of alkyl halides is 3. The van der Waals surface area contributed by atoms with Gasteiger partial charge in [-0.3, -0.25) is 0 Å². The fourth-order valence-corrected chi connectivity index (χ4v) is 1.73. The zero-order valence-electron chi connectivity index (χ0n) is 7.62. The lowest BCUT2D eigenvalue weighted by Crippen LogP contribution is -2.05. The van der Waals surface area contributed by atoms with Gasteiger partial charge >= 0.3 is 0 Å². The maximum absolute atomic E-state index is 12.7. The lowest BCUT2D eigenvalue weighted by molar-refractivity contribution is 0.137. The second-order valence-corrected chi connectivity index (χ2v) is 3.85. The first-order valence-corrected chi connectivity index (χ1v) is 4.96. The van der Waals surface area contributed by atoms with E-state index in [1.165, 1.54) is 4.68 Å². The summed E-state index contributed by atoms with van der Waals surface area (Å²) in [4.78, 5) is 0. The van der Waals surface area contributed by atoms with Crippen molar-refractivity contribution in [2.24, 2.45) is 5.92 Å². The van der Waals surface area contributed by atoms with E-state index in [0.717, 1.165) is 6.42 Å². The molecule has 1 aliphatic carbocycles. The smallest absolute Gasteiger partial charge is 0.240 e. The van der Waals surface area contributed by atoms with Gasteiger partial charge in [0.2, 0.25) is 0 Å². The van der Waals surface area contributed by atoms with E-state index < -0.39 is 6.43 Å². The highest BCUT2D eigenvalue weighted by Gasteiger charge is 2.39. The molecule has 1 aromatic heterocycles. The summed E-state index contributed by atoms with van der Waals surface area (Å²) in [6, 6.07) is 0.0865. The minimum Gasteiger partial charge on any atom is -0.240 e. The molecule has 0 aromatic carbocycles. The van der Waals surface area contributed by atoms with Crippen molar-refractivity contribution in [2.45, 2.75) is 31.7 Å². The molecule has 0 radical (unpaired) electrons. The number of nitrogens with zero attached hydrogens (tertiary/aromatic N) is 3. The van der Waals surface area contributed by atoms with Crippen LogP contribution in [0.25, 0.3) is 0 Å². The Labute approximate surface area is 85.0 Å². The Hall–Kier alpha value is -0.710. The molecule has 1 saturated carbocycles. The molecule has 0 bridgehead atoms. The van der Waals surface area contributed by atoms with Gasteiger partial charge < -0.3 is 0 Å². The molecule has 2 rings (SSSR count). The van der Waals surface area contributed by atoms with E-state index in [1.54, 1.807) is 0 Å². The van der Waals surface area contributed by atoms with Crippen molar-refractivity contribution < 1.29 is 8.78 Å². The maximum Gasteiger partial charge on any atom is 0.281 e. The summed E-state index contributed by atoms with van der Waals surface area (Å²) in [6.45, 7) is 2.00. The Balaban J connectivity index is 2.35. The topological polar surface area (TPSA) is 30.7 Å². The highest BCUT2D eigenvalue weighted by Crippen LogP contribution is 2.44. The van der Waals surface area contributed by atoms with Crippen molar-refractivity contribution in [3.8, 4) is 0 Å². The first kappa shape index (κ1) is 9.83. The third-order valence-corrected chi connectivity index (χ3v) is 2.77. The molecular weight excluding hydrogens is 212 g/mol. The quantitative estimate of drug-likeness (QED) is 0.735. The summed E-state index contributed by atoms with van der Waals surface area (Å²) >= 11 is 5.50. The molecule has 2 unspecified atom stereocenters. The van der Waals surface area contributed by atoms with Crippen molar-refractivity contribution in [3.63, 3.8) is 0 Å². The molecule has 0 saturated heterocycles. The molecule has 1 fully saturated rings. The van der Waals surface area contributed by atoms with Crippen molar-refractivity contribution in [2.75, 3.05) is 0 Å². The van der Waals surface area contributed by atoms with Crippen LogP contribution in [-0.4, -0.2) is 15.0 Å². The van der Waals surface area contributed by atoms with Crippen LogP contribution in [0, 0.1) is 5.92 Å². The predicted molar refractivity (Wildman–Crippen MR) is 47.4 cm³/mol. The van der Waals surface area contributed by atoms with Crippen molar-refractivity contribution >= 4 is 11.6 Å². The minimum absolute atomic E-state index is 0.0131. The molecule has 3 nitrogen and oxygen atoms in total. The van der Waals surface area contributed by atoms with Gasteiger partial charge in [0, 0.05) is 0 Å². The van der Waals surface area contributed by atoms with Gasteiger partial charge in [0.1, 0.15) is 11.4 Å². The Morgan fingerprint density at radius 1 is 1.64 bits per heavy atom. The number of aromatic nitrogens is 3. The largest absolute Gasteiger partial charge is 0.281 e. The molecule has 0 spiro atoms. The molecule has 0 amide bonds. The SMILES string of the molecule is CC1CC1n1nnc(CCl)c1C(F)F. The molecule has 0 N–H and O–H groups in total. The van der Waals surface area contributed by atoms with Crippen LogP contribution in [0.4, 0.5) is 8.78 Å². The molecule has 1 aliphatic rings. The van der Waals surface area contributed by atoms with Gasteiger partial charge in [-0.25, -0.2) is 13.5 Å². The Morgan fingerprint density at radius 2 is 2.29 bits per heavy atom. The fourth-order valence-electron chi connectivity index (χ4n) is 1.54. The first-order valence-electron chi connectivity index (χ1n) is 4.43. The highest BCUT2D eigenvalue weighted by molar-refractivity contribution is 6.16. The van der Waals surface area contributed by atoms with E-state index in [9.17, 15) is 8.78 Å². The Bertz CT molecular complexity index is 339. The van der Waals surface area contributed by atoms with Gasteiger partial charge in [0.15, 0.2) is 0 Å². The average molecular weight is 222 g/mol. The zero-order chi connectivity index (χ0) is 10.3. The van der Waals surface area contributed by atoms with E-state index in [-0.39, 0.29) is 23.3 Å². The summed E-state index contributed by atoms with van der Waals surface area (Å²) in [6.07, 6.45) is -1.66. The molecule has 78 valence electrons. The normalized spacial score (nSPS) is 25.8. The number of hydrogen-bond acceptors (Lipinski definition) is 2. The minimum atomic E-state index is -2.55. The van der Waals surface area contributed by atoms with E-state index in [1.807, 2.05) is 6.92 Å². The third-order valence-electron chi connectivity index (χ3n) is 2.52. The second kappa shape index (κ2) is 3.46. The van der Waals surface area contributed by atoms with Gasteiger partial charge in [-0.15, -0.1) is 16.7 Å². The molecular formula is C8H10ClF2N3. The lowest BCUT2D eigenvalue weighted by Gasteiger charge is -2.04. The Morgan fingerprint density at radius 3 is 2.71 bits per heavy atom. The van der Waals surface area contributed by atoms with E-state index in [2.05, 4.69) is 10.3 Å². The lowest BCUT2D eigenvalue weighted by atomic mass is 10.3. The molecule has 2 atom stereocenters. The van der Waals surface area contributed by atoms with Crippen LogP contribution in [0.15, 0.2) is 0 Å². The van der Waals surface area contributed by atoms with E-state index in [0.29, 0.717) is 5.92 Å². The van der Waals surface area contributed by atoms with Crippen LogP contribution in [0.3, 0.4) is 0 Å². The summed E-state index contributed by atoms with van der Waals surface area (Å²) in [7, 11) is 0. The van der Waals surface area contributed by atoms with Crippen molar-refractivity contribution in [1.29, 1.82) is 0 Å². The van der Waals surface area contributed by atoms with Crippen LogP contribution in [0.1, 0.15) is 37.2 Å². The summed E-state index contributed by atoms with van der Waals surface area (Å²) in [5.74, 6) is 0.401. The Kier molecular flexibility index (Phi) is 2.43. The molecule has 0 aliphatic heterocycles. The maximum atomic E-state index is 12.7. The molecule has 6 heteroatoms. The standard InChI is InChI=1S/C8H10ClF2N3/c1-4-2-6(4)14-7(8(10)11)5(3-9)12-13-14/h4,6,8H,2-3H2,1H3. The monoisotopic (exact) mass is 221 g/mol. The summed E-state index contributed by atoms with van der Waals surface area (Å²) < 4.78 is 26.7. The first-order chi connectivity index (χ1) is 6.65. The van der Waals surface area contributed by atoms with Crippen molar-refractivity contribution in [3.05, 3.63) is 11.4 Å². The van der Waals surface area contributed by atoms with Gasteiger partial charge in [-0.2, -0.15) is 0 Å². The fraction of sp³-hybridized carbons (Fsp3) is 0.750. The zero-order valence-corrected chi connectivity index (χ0v) is 8.38. The molecule has 14 heavy (non-hydrogen) atoms. The van der Waals surface area contributed by atoms with Gasteiger partial charge in [-0.1, -0.05) is 12.1 Å². The van der Waals surface area contributed by atoms with Crippen LogP contribution >= 0.6 is 11.6 Å². The third kappa shape index (κ3) is 1.49. The molecule has 1 aromatic rings. The van der Waals surface area contributed by atoms with Gasteiger partial charge in [-0.05, 0) is 12.3 Å². The van der Waals surface area contributed by atoms with E-state index >= 15 is 0 Å².